The minimum atomic E-state index is -0.879. The van der Waals surface area contributed by atoms with Crippen molar-refractivity contribution >= 4 is 5.78 Å². The molecule has 0 spiro atoms. The van der Waals surface area contributed by atoms with Crippen molar-refractivity contribution in [3.8, 4) is 0 Å². The quantitative estimate of drug-likeness (QED) is 0.723. The highest BCUT2D eigenvalue weighted by Crippen LogP contribution is 2.55. The summed E-state index contributed by atoms with van der Waals surface area (Å²) in [6.45, 7) is 9.85. The molecule has 0 aromatic heterocycles. The molecule has 1 fully saturated rings. The van der Waals surface area contributed by atoms with E-state index in [9.17, 15) is 15.0 Å². The van der Waals surface area contributed by atoms with Crippen LogP contribution in [0.15, 0.2) is 23.8 Å². The van der Waals surface area contributed by atoms with Crippen LogP contribution in [-0.2, 0) is 4.79 Å². The van der Waals surface area contributed by atoms with Gasteiger partial charge in [-0.3, -0.25) is 4.79 Å². The summed E-state index contributed by atoms with van der Waals surface area (Å²) in [6, 6.07) is 0. The number of hydrogen-bond donors (Lipinski definition) is 2. The van der Waals surface area contributed by atoms with Gasteiger partial charge in [0, 0.05) is 12.3 Å². The number of ketones is 1. The van der Waals surface area contributed by atoms with Crippen LogP contribution in [0.3, 0.4) is 0 Å². The Morgan fingerprint density at radius 3 is 2.39 bits per heavy atom. The van der Waals surface area contributed by atoms with E-state index in [1.165, 1.54) is 0 Å². The Bertz CT molecular complexity index is 529. The largest absolute Gasteiger partial charge is 0.389 e. The molecule has 0 aromatic carbocycles. The van der Waals surface area contributed by atoms with Crippen LogP contribution in [0.4, 0.5) is 0 Å². The molecular formula is C20H32O3. The van der Waals surface area contributed by atoms with E-state index in [1.54, 1.807) is 0 Å². The first-order valence-corrected chi connectivity index (χ1v) is 8.85. The number of aliphatic hydroxyl groups is 2. The molecule has 0 saturated heterocycles. The zero-order valence-corrected chi connectivity index (χ0v) is 15.2. The number of allylic oxidation sites excluding steroid dienone is 3. The van der Waals surface area contributed by atoms with Gasteiger partial charge in [0.1, 0.15) is 0 Å². The lowest BCUT2D eigenvalue weighted by molar-refractivity contribution is -0.121. The Balaban J connectivity index is 2.48. The van der Waals surface area contributed by atoms with Gasteiger partial charge in [-0.25, -0.2) is 0 Å². The zero-order valence-electron chi connectivity index (χ0n) is 15.2. The standard InChI is InChI=1S/C20H32O3/c1-14(2)20(23)12-10-18(4)9-11-19(5,22)8-6-7-15(3)16(21)13-17(18)20/h7,9,11,14,17,22-23H,6,8,10,12-13H2,1-5H3/b11-9+,15-7-/t17-,18+,19-,20-/m0/s1. The van der Waals surface area contributed by atoms with Crippen LogP contribution >= 0.6 is 0 Å². The Kier molecular flexibility index (Phi) is 4.94. The molecule has 0 aromatic rings. The van der Waals surface area contributed by atoms with Crippen LogP contribution in [0.5, 0.6) is 0 Å². The van der Waals surface area contributed by atoms with Crippen molar-refractivity contribution in [3.05, 3.63) is 23.8 Å². The van der Waals surface area contributed by atoms with E-state index in [1.807, 2.05) is 39.8 Å². The van der Waals surface area contributed by atoms with Crippen molar-refractivity contribution in [2.75, 3.05) is 0 Å². The summed E-state index contributed by atoms with van der Waals surface area (Å²) in [7, 11) is 0. The van der Waals surface area contributed by atoms with Crippen molar-refractivity contribution in [2.24, 2.45) is 17.3 Å². The van der Waals surface area contributed by atoms with Gasteiger partial charge in [0.05, 0.1) is 11.2 Å². The number of carbonyl (C=O) groups excluding carboxylic acids is 1. The summed E-state index contributed by atoms with van der Waals surface area (Å²) in [5.41, 5.74) is -1.21. The highest BCUT2D eigenvalue weighted by molar-refractivity contribution is 5.95. The fourth-order valence-electron chi connectivity index (χ4n) is 4.18. The van der Waals surface area contributed by atoms with E-state index in [-0.39, 0.29) is 23.0 Å². The van der Waals surface area contributed by atoms with Crippen LogP contribution < -0.4 is 0 Å². The van der Waals surface area contributed by atoms with Gasteiger partial charge in [0.25, 0.3) is 0 Å². The summed E-state index contributed by atoms with van der Waals surface area (Å²) in [5, 5.41) is 21.8. The number of hydrogen-bond acceptors (Lipinski definition) is 3. The van der Waals surface area contributed by atoms with Crippen molar-refractivity contribution in [1.29, 1.82) is 0 Å². The van der Waals surface area contributed by atoms with Crippen LogP contribution in [0.1, 0.15) is 66.7 Å². The molecule has 0 radical (unpaired) electrons. The van der Waals surface area contributed by atoms with E-state index >= 15 is 0 Å². The predicted octanol–water partition coefficient (Wildman–Crippen LogP) is 3.80. The second kappa shape index (κ2) is 6.18. The van der Waals surface area contributed by atoms with Gasteiger partial charge in [-0.15, -0.1) is 0 Å². The van der Waals surface area contributed by atoms with E-state index in [0.717, 1.165) is 12.0 Å². The molecule has 3 heteroatoms. The molecule has 2 aliphatic carbocycles. The maximum atomic E-state index is 12.6. The summed E-state index contributed by atoms with van der Waals surface area (Å²) in [5.74, 6) is 0.110. The molecule has 1 saturated carbocycles. The monoisotopic (exact) mass is 320 g/mol. The van der Waals surface area contributed by atoms with Crippen molar-refractivity contribution in [3.63, 3.8) is 0 Å². The van der Waals surface area contributed by atoms with Gasteiger partial charge in [0.15, 0.2) is 5.78 Å². The van der Waals surface area contributed by atoms with Crippen LogP contribution in [0, 0.1) is 17.3 Å². The number of rotatable bonds is 1. The smallest absolute Gasteiger partial charge is 0.158 e. The van der Waals surface area contributed by atoms with Crippen molar-refractivity contribution < 1.29 is 15.0 Å². The molecule has 0 amide bonds. The molecule has 0 bridgehead atoms. The highest BCUT2D eigenvalue weighted by atomic mass is 16.3. The first-order valence-electron chi connectivity index (χ1n) is 8.85. The molecule has 0 unspecified atom stereocenters. The first kappa shape index (κ1) is 18.4. The summed E-state index contributed by atoms with van der Waals surface area (Å²) in [6.07, 6.45) is 9.07. The van der Waals surface area contributed by atoms with E-state index < -0.39 is 11.2 Å². The lowest BCUT2D eigenvalue weighted by Gasteiger charge is -2.39. The van der Waals surface area contributed by atoms with Crippen LogP contribution in [0.2, 0.25) is 0 Å². The summed E-state index contributed by atoms with van der Waals surface area (Å²) >= 11 is 0. The second-order valence-electron chi connectivity index (χ2n) is 8.45. The average Bonchev–Trinajstić information content (AvgIpc) is 2.71. The van der Waals surface area contributed by atoms with Crippen molar-refractivity contribution in [1.82, 2.24) is 0 Å². The van der Waals surface area contributed by atoms with Gasteiger partial charge in [-0.2, -0.15) is 0 Å². The molecule has 2 aliphatic rings. The lowest BCUT2D eigenvalue weighted by Crippen LogP contribution is -2.44. The predicted molar refractivity (Wildman–Crippen MR) is 93.0 cm³/mol. The van der Waals surface area contributed by atoms with Gasteiger partial charge < -0.3 is 10.2 Å². The van der Waals surface area contributed by atoms with Crippen molar-refractivity contribution in [2.45, 2.75) is 77.9 Å². The van der Waals surface area contributed by atoms with E-state index in [2.05, 4.69) is 13.0 Å². The number of fused-ring (bicyclic) bond motifs is 1. The van der Waals surface area contributed by atoms with Gasteiger partial charge in [0.2, 0.25) is 0 Å². The van der Waals surface area contributed by atoms with E-state index in [4.69, 9.17) is 0 Å². The third kappa shape index (κ3) is 3.61. The molecule has 3 nitrogen and oxygen atoms in total. The summed E-state index contributed by atoms with van der Waals surface area (Å²) in [4.78, 5) is 12.6. The van der Waals surface area contributed by atoms with Gasteiger partial charge in [-0.1, -0.05) is 39.0 Å². The average molecular weight is 320 g/mol. The molecule has 4 atom stereocenters. The molecular weight excluding hydrogens is 288 g/mol. The number of Topliss-reactive ketones (excluding diaryl/α,β-unsaturated/α-hetero) is 1. The van der Waals surface area contributed by atoms with E-state index in [0.29, 0.717) is 25.7 Å². The normalized spacial score (nSPS) is 46.0. The molecule has 2 rings (SSSR count). The minimum Gasteiger partial charge on any atom is -0.389 e. The molecule has 2 N–H and O–H groups in total. The topological polar surface area (TPSA) is 57.5 Å². The second-order valence-corrected chi connectivity index (χ2v) is 8.45. The first-order chi connectivity index (χ1) is 10.5. The molecule has 0 heterocycles. The highest BCUT2D eigenvalue weighted by Gasteiger charge is 2.54. The van der Waals surface area contributed by atoms with Crippen LogP contribution in [-0.4, -0.2) is 27.2 Å². The SMILES string of the molecule is C/C1=C/CC[C@](C)(O)/C=C/[C@]2(C)CC[C@](O)(C(C)C)[C@H]2CC1=O. The van der Waals surface area contributed by atoms with Gasteiger partial charge >= 0.3 is 0 Å². The minimum absolute atomic E-state index is 0.102. The summed E-state index contributed by atoms with van der Waals surface area (Å²) < 4.78 is 0. The van der Waals surface area contributed by atoms with Crippen LogP contribution in [0.25, 0.3) is 0 Å². The lowest BCUT2D eigenvalue weighted by atomic mass is 9.68. The fourth-order valence-corrected chi connectivity index (χ4v) is 4.18. The Morgan fingerprint density at radius 2 is 1.78 bits per heavy atom. The van der Waals surface area contributed by atoms with Gasteiger partial charge in [-0.05, 0) is 56.4 Å². The Labute approximate surface area is 140 Å². The third-order valence-corrected chi connectivity index (χ3v) is 6.22. The maximum absolute atomic E-state index is 12.6. The molecule has 0 aliphatic heterocycles. The zero-order chi connectivity index (χ0) is 17.5. The third-order valence-electron chi connectivity index (χ3n) is 6.22. The Hall–Kier alpha value is -0.930. The fraction of sp³-hybridized carbons (Fsp3) is 0.750. The number of carbonyl (C=O) groups is 1. The molecule has 23 heavy (non-hydrogen) atoms. The molecule has 130 valence electrons. The maximum Gasteiger partial charge on any atom is 0.158 e. The Morgan fingerprint density at radius 1 is 1.13 bits per heavy atom.